The molecule has 0 radical (unpaired) electrons. The molecule has 0 bridgehead atoms. The van der Waals surface area contributed by atoms with Crippen molar-refractivity contribution in [3.63, 3.8) is 0 Å². The van der Waals surface area contributed by atoms with Crippen molar-refractivity contribution < 1.29 is 9.53 Å². The van der Waals surface area contributed by atoms with Gasteiger partial charge in [-0.15, -0.1) is 0 Å². The lowest BCUT2D eigenvalue weighted by atomic mass is 10.1. The third kappa shape index (κ3) is 6.65. The molecule has 2 fully saturated rings. The Hall–Kier alpha value is -0.850. The van der Waals surface area contributed by atoms with Gasteiger partial charge in [-0.05, 0) is 47.2 Å². The van der Waals surface area contributed by atoms with Crippen LogP contribution in [0.4, 0.5) is 4.79 Å². The highest BCUT2D eigenvalue weighted by atomic mass is 16.6. The molecule has 0 saturated carbocycles. The zero-order chi connectivity index (χ0) is 16.9. The molecule has 6 heteroatoms. The largest absolute Gasteiger partial charge is 0.444 e. The first-order chi connectivity index (χ1) is 10.8. The van der Waals surface area contributed by atoms with Crippen LogP contribution in [0.15, 0.2) is 0 Å². The summed E-state index contributed by atoms with van der Waals surface area (Å²) in [6, 6.07) is 0.636. The monoisotopic (exact) mass is 326 g/mol. The highest BCUT2D eigenvalue weighted by Crippen LogP contribution is 2.12. The second-order valence-corrected chi connectivity index (χ2v) is 7.86. The molecule has 1 atom stereocenters. The molecule has 1 unspecified atom stereocenters. The van der Waals surface area contributed by atoms with Gasteiger partial charge < -0.3 is 19.9 Å². The summed E-state index contributed by atoms with van der Waals surface area (Å²) in [4.78, 5) is 18.7. The zero-order valence-electron chi connectivity index (χ0n) is 15.3. The second kappa shape index (κ2) is 8.31. The highest BCUT2D eigenvalue weighted by molar-refractivity contribution is 5.68. The first-order valence-corrected chi connectivity index (χ1v) is 8.96. The molecule has 23 heavy (non-hydrogen) atoms. The van der Waals surface area contributed by atoms with Gasteiger partial charge in [0.05, 0.1) is 0 Å². The summed E-state index contributed by atoms with van der Waals surface area (Å²) >= 11 is 0. The number of amides is 1. The highest BCUT2D eigenvalue weighted by Gasteiger charge is 2.25. The average molecular weight is 326 g/mol. The Kier molecular flexibility index (Phi) is 6.68. The maximum Gasteiger partial charge on any atom is 0.410 e. The van der Waals surface area contributed by atoms with Crippen LogP contribution in [-0.4, -0.2) is 91.8 Å². The van der Waals surface area contributed by atoms with Crippen molar-refractivity contribution in [3.05, 3.63) is 0 Å². The number of carbonyl (C=O) groups is 1. The molecule has 2 aliphatic rings. The molecule has 0 aromatic heterocycles. The first-order valence-electron chi connectivity index (χ1n) is 8.96. The van der Waals surface area contributed by atoms with E-state index in [0.29, 0.717) is 6.04 Å². The minimum absolute atomic E-state index is 0.180. The van der Waals surface area contributed by atoms with Crippen LogP contribution in [0.5, 0.6) is 0 Å². The van der Waals surface area contributed by atoms with Gasteiger partial charge in [0.2, 0.25) is 0 Å². The van der Waals surface area contributed by atoms with E-state index in [4.69, 9.17) is 4.74 Å². The maximum absolute atomic E-state index is 12.0. The Morgan fingerprint density at radius 2 is 1.87 bits per heavy atom. The third-order valence-corrected chi connectivity index (χ3v) is 4.51. The van der Waals surface area contributed by atoms with E-state index in [0.717, 1.165) is 45.8 Å². The van der Waals surface area contributed by atoms with Gasteiger partial charge in [0.1, 0.15) is 5.60 Å². The third-order valence-electron chi connectivity index (χ3n) is 4.51. The van der Waals surface area contributed by atoms with Crippen LogP contribution in [0.2, 0.25) is 0 Å². The number of nitrogens with zero attached hydrogens (tertiary/aromatic N) is 3. The van der Waals surface area contributed by atoms with E-state index in [9.17, 15) is 4.79 Å². The van der Waals surface area contributed by atoms with E-state index in [1.54, 1.807) is 0 Å². The van der Waals surface area contributed by atoms with Crippen molar-refractivity contribution >= 4 is 6.09 Å². The summed E-state index contributed by atoms with van der Waals surface area (Å²) < 4.78 is 5.43. The number of hydrogen-bond donors (Lipinski definition) is 1. The summed E-state index contributed by atoms with van der Waals surface area (Å²) in [6.07, 6.45) is 2.40. The van der Waals surface area contributed by atoms with Gasteiger partial charge in [-0.3, -0.25) is 4.90 Å². The predicted octanol–water partition coefficient (Wildman–Crippen LogP) is 1.22. The molecule has 1 amide bonds. The van der Waals surface area contributed by atoms with Gasteiger partial charge >= 0.3 is 6.09 Å². The van der Waals surface area contributed by atoms with Crippen LogP contribution in [0.3, 0.4) is 0 Å². The van der Waals surface area contributed by atoms with Crippen LogP contribution in [0.25, 0.3) is 0 Å². The molecule has 2 saturated heterocycles. The van der Waals surface area contributed by atoms with Gasteiger partial charge in [-0.25, -0.2) is 4.79 Å². The SMILES string of the molecule is CN1CCCC(NCCN2CCN(C(=O)OC(C)(C)C)CC2)C1. The number of likely N-dealkylation sites (tertiary alicyclic amines) is 1. The molecule has 6 nitrogen and oxygen atoms in total. The van der Waals surface area contributed by atoms with Gasteiger partial charge in [-0.1, -0.05) is 0 Å². The fraction of sp³-hybridized carbons (Fsp3) is 0.941. The number of hydrogen-bond acceptors (Lipinski definition) is 5. The first kappa shape index (κ1) is 18.5. The average Bonchev–Trinajstić information content (AvgIpc) is 2.46. The molecule has 1 N–H and O–H groups in total. The van der Waals surface area contributed by atoms with Crippen LogP contribution < -0.4 is 5.32 Å². The molecular formula is C17H34N4O2. The molecule has 0 aliphatic carbocycles. The molecule has 2 heterocycles. The van der Waals surface area contributed by atoms with Gasteiger partial charge in [-0.2, -0.15) is 0 Å². The van der Waals surface area contributed by atoms with Crippen LogP contribution in [0.1, 0.15) is 33.6 Å². The van der Waals surface area contributed by atoms with E-state index in [-0.39, 0.29) is 6.09 Å². The molecule has 0 aromatic carbocycles. The van der Waals surface area contributed by atoms with Crippen LogP contribution >= 0.6 is 0 Å². The maximum atomic E-state index is 12.0. The second-order valence-electron chi connectivity index (χ2n) is 7.86. The standard InChI is InChI=1S/C17H34N4O2/c1-17(2,3)23-16(22)21-12-10-20(11-13-21)9-7-18-15-6-5-8-19(4)14-15/h15,18H,5-14H2,1-4H3. The Balaban J connectivity index is 1.60. The van der Waals surface area contributed by atoms with E-state index in [1.807, 2.05) is 25.7 Å². The lowest BCUT2D eigenvalue weighted by Crippen LogP contribution is -2.52. The summed E-state index contributed by atoms with van der Waals surface area (Å²) in [5, 5.41) is 3.68. The van der Waals surface area contributed by atoms with Crippen molar-refractivity contribution in [1.29, 1.82) is 0 Å². The van der Waals surface area contributed by atoms with Crippen molar-refractivity contribution in [2.75, 3.05) is 59.4 Å². The number of ether oxygens (including phenoxy) is 1. The Morgan fingerprint density at radius 1 is 1.17 bits per heavy atom. The van der Waals surface area contributed by atoms with Crippen molar-refractivity contribution in [2.45, 2.75) is 45.3 Å². The van der Waals surface area contributed by atoms with Gasteiger partial charge in [0.25, 0.3) is 0 Å². The predicted molar refractivity (Wildman–Crippen MR) is 92.8 cm³/mol. The number of piperidine rings is 1. The topological polar surface area (TPSA) is 48.0 Å². The normalized spacial score (nSPS) is 24.7. The van der Waals surface area contributed by atoms with Crippen LogP contribution in [0, 0.1) is 0 Å². The van der Waals surface area contributed by atoms with Gasteiger partial charge in [0.15, 0.2) is 0 Å². The van der Waals surface area contributed by atoms with E-state index in [1.165, 1.54) is 19.4 Å². The number of likely N-dealkylation sites (N-methyl/N-ethyl adjacent to an activating group) is 1. The summed E-state index contributed by atoms with van der Waals surface area (Å²) in [5.41, 5.74) is -0.411. The lowest BCUT2D eigenvalue weighted by molar-refractivity contribution is 0.0145. The van der Waals surface area contributed by atoms with Crippen molar-refractivity contribution in [2.24, 2.45) is 0 Å². The minimum atomic E-state index is -0.411. The Bertz CT molecular complexity index is 375. The fourth-order valence-corrected chi connectivity index (χ4v) is 3.24. The summed E-state index contributed by atoms with van der Waals surface area (Å²) in [6.45, 7) is 13.6. The Labute approximate surface area is 141 Å². The molecule has 0 spiro atoms. The molecule has 0 aromatic rings. The van der Waals surface area contributed by atoms with E-state index >= 15 is 0 Å². The fourth-order valence-electron chi connectivity index (χ4n) is 3.24. The minimum Gasteiger partial charge on any atom is -0.444 e. The van der Waals surface area contributed by atoms with Crippen molar-refractivity contribution in [1.82, 2.24) is 20.0 Å². The lowest BCUT2D eigenvalue weighted by Gasteiger charge is -2.36. The van der Waals surface area contributed by atoms with Gasteiger partial charge in [0, 0.05) is 51.9 Å². The van der Waals surface area contributed by atoms with E-state index < -0.39 is 5.60 Å². The summed E-state index contributed by atoms with van der Waals surface area (Å²) in [7, 11) is 2.20. The number of nitrogens with one attached hydrogen (secondary N) is 1. The molecule has 134 valence electrons. The molecular weight excluding hydrogens is 292 g/mol. The smallest absolute Gasteiger partial charge is 0.410 e. The quantitative estimate of drug-likeness (QED) is 0.842. The number of carbonyl (C=O) groups excluding carboxylic acids is 1. The van der Waals surface area contributed by atoms with Crippen LogP contribution in [-0.2, 0) is 4.74 Å². The number of rotatable bonds is 4. The van der Waals surface area contributed by atoms with Crippen molar-refractivity contribution in [3.8, 4) is 0 Å². The number of piperazine rings is 1. The van der Waals surface area contributed by atoms with E-state index in [2.05, 4.69) is 22.2 Å². The molecule has 2 rings (SSSR count). The summed E-state index contributed by atoms with van der Waals surface area (Å²) in [5.74, 6) is 0. The zero-order valence-corrected chi connectivity index (χ0v) is 15.3. The molecule has 2 aliphatic heterocycles. The Morgan fingerprint density at radius 3 is 2.48 bits per heavy atom.